The normalized spacial score (nSPS) is 14.8. The fraction of sp³-hybridized carbons (Fsp3) is 0.375. The average molecular weight is 319 g/mol. The quantitative estimate of drug-likeness (QED) is 0.852. The Morgan fingerprint density at radius 2 is 2.09 bits per heavy atom. The summed E-state index contributed by atoms with van der Waals surface area (Å²) in [5.74, 6) is 0. The molecule has 0 radical (unpaired) electrons. The molecule has 4 nitrogen and oxygen atoms in total. The van der Waals surface area contributed by atoms with E-state index in [1.54, 1.807) is 16.9 Å². The van der Waals surface area contributed by atoms with Gasteiger partial charge in [-0.15, -0.1) is 0 Å². The summed E-state index contributed by atoms with van der Waals surface area (Å²) in [5, 5.41) is 14.5. The molecule has 0 atom stereocenters. The van der Waals surface area contributed by atoms with E-state index in [1.165, 1.54) is 0 Å². The Morgan fingerprint density at radius 1 is 1.41 bits per heavy atom. The number of hydrogen-bond acceptors (Lipinski definition) is 3. The van der Waals surface area contributed by atoms with Crippen LogP contribution in [0.25, 0.3) is 11.3 Å². The molecule has 2 aromatic rings. The van der Waals surface area contributed by atoms with Crippen LogP contribution >= 0.6 is 11.6 Å². The Morgan fingerprint density at radius 3 is 2.59 bits per heavy atom. The summed E-state index contributed by atoms with van der Waals surface area (Å²) >= 11 is 6.37. The summed E-state index contributed by atoms with van der Waals surface area (Å²) in [4.78, 5) is 1.85. The zero-order valence-electron chi connectivity index (χ0n) is 12.7. The average Bonchev–Trinajstić information content (AvgIpc) is 2.77. The Bertz CT molecular complexity index is 765. The van der Waals surface area contributed by atoms with Crippen LogP contribution in [0.3, 0.4) is 0 Å². The highest BCUT2D eigenvalue weighted by Crippen LogP contribution is 2.40. The summed E-state index contributed by atoms with van der Waals surface area (Å²) < 4.78 is 14.9. The summed E-state index contributed by atoms with van der Waals surface area (Å²) in [5.41, 5.74) is 4.69. The van der Waals surface area contributed by atoms with Gasteiger partial charge in [-0.1, -0.05) is 11.6 Å². The number of rotatable bonds is 2. The second kappa shape index (κ2) is 5.29. The Balaban J connectivity index is 2.27. The fourth-order valence-corrected chi connectivity index (χ4v) is 3.12. The first-order chi connectivity index (χ1) is 10.4. The van der Waals surface area contributed by atoms with Gasteiger partial charge in [-0.3, -0.25) is 4.68 Å². The molecular formula is C16H16ClFN4. The van der Waals surface area contributed by atoms with Crippen LogP contribution in [0.2, 0.25) is 5.02 Å². The topological polar surface area (TPSA) is 44.9 Å². The van der Waals surface area contributed by atoms with Crippen LogP contribution in [0.15, 0.2) is 12.3 Å². The number of alkyl halides is 1. The van der Waals surface area contributed by atoms with E-state index >= 15 is 0 Å². The minimum Gasteiger partial charge on any atom is -0.364 e. The minimum absolute atomic E-state index is 0.303. The smallest absolute Gasteiger partial charge is 0.135 e. The lowest BCUT2D eigenvalue weighted by atomic mass is 9.94. The lowest BCUT2D eigenvalue weighted by Crippen LogP contribution is -2.48. The lowest BCUT2D eigenvalue weighted by molar-refractivity contribution is 0.275. The number of nitriles is 1. The third-order valence-electron chi connectivity index (χ3n) is 4.15. The Hall–Kier alpha value is -2.06. The van der Waals surface area contributed by atoms with Gasteiger partial charge in [0, 0.05) is 17.6 Å². The fourth-order valence-electron chi connectivity index (χ4n) is 2.92. The largest absolute Gasteiger partial charge is 0.364 e. The zero-order valence-corrected chi connectivity index (χ0v) is 13.4. The molecule has 2 heterocycles. The van der Waals surface area contributed by atoms with Crippen LogP contribution in [-0.4, -0.2) is 29.0 Å². The van der Waals surface area contributed by atoms with Crippen molar-refractivity contribution in [1.29, 1.82) is 5.26 Å². The summed E-state index contributed by atoms with van der Waals surface area (Å²) in [6, 6.07) is 4.04. The first-order valence-electron chi connectivity index (χ1n) is 7.05. The molecule has 6 heteroatoms. The van der Waals surface area contributed by atoms with Crippen LogP contribution in [0.5, 0.6) is 0 Å². The molecule has 0 amide bonds. The highest BCUT2D eigenvalue weighted by Gasteiger charge is 2.31. The number of benzene rings is 1. The van der Waals surface area contributed by atoms with Crippen molar-refractivity contribution >= 4 is 17.3 Å². The Kier molecular flexibility index (Phi) is 3.57. The molecular weight excluding hydrogens is 303 g/mol. The summed E-state index contributed by atoms with van der Waals surface area (Å²) in [6.45, 7) is 4.45. The SMILES string of the molecule is Cc1cnn(C)c1-c1c(C)c(Cl)cc(N2CC(F)C2)c1C#N. The van der Waals surface area contributed by atoms with Crippen molar-refractivity contribution in [3.05, 3.63) is 34.0 Å². The first-order valence-corrected chi connectivity index (χ1v) is 7.43. The molecule has 114 valence electrons. The number of aryl methyl sites for hydroxylation is 2. The zero-order chi connectivity index (χ0) is 16.0. The van der Waals surface area contributed by atoms with Crippen molar-refractivity contribution in [1.82, 2.24) is 9.78 Å². The third-order valence-corrected chi connectivity index (χ3v) is 4.54. The Labute approximate surface area is 133 Å². The monoisotopic (exact) mass is 318 g/mol. The van der Waals surface area contributed by atoms with Gasteiger partial charge in [0.15, 0.2) is 0 Å². The van der Waals surface area contributed by atoms with Gasteiger partial charge in [0.05, 0.1) is 36.2 Å². The van der Waals surface area contributed by atoms with Crippen molar-refractivity contribution in [3.8, 4) is 17.3 Å². The second-order valence-corrected chi connectivity index (χ2v) is 6.07. The molecule has 1 saturated heterocycles. The number of halogens is 2. The molecule has 0 bridgehead atoms. The van der Waals surface area contributed by atoms with Crippen LogP contribution in [0.4, 0.5) is 10.1 Å². The summed E-state index contributed by atoms with van der Waals surface area (Å²) in [6.07, 6.45) is 0.922. The van der Waals surface area contributed by atoms with Crippen molar-refractivity contribution in [2.45, 2.75) is 20.0 Å². The van der Waals surface area contributed by atoms with Gasteiger partial charge in [-0.05, 0) is 31.0 Å². The molecule has 0 aliphatic carbocycles. The molecule has 1 fully saturated rings. The number of aromatic nitrogens is 2. The van der Waals surface area contributed by atoms with Crippen LogP contribution in [0.1, 0.15) is 16.7 Å². The van der Waals surface area contributed by atoms with Gasteiger partial charge < -0.3 is 4.90 Å². The molecule has 1 aromatic heterocycles. The van der Waals surface area contributed by atoms with E-state index < -0.39 is 6.17 Å². The van der Waals surface area contributed by atoms with Gasteiger partial charge >= 0.3 is 0 Å². The van der Waals surface area contributed by atoms with Crippen LogP contribution < -0.4 is 4.90 Å². The standard InChI is InChI=1S/C16H16ClFN4/c1-9-6-20-21(3)16(9)15-10(2)13(17)4-14(12(15)5-19)22-7-11(18)8-22/h4,6,11H,7-8H2,1-3H3. The van der Waals surface area contributed by atoms with E-state index in [1.807, 2.05) is 25.8 Å². The van der Waals surface area contributed by atoms with Gasteiger partial charge in [0.1, 0.15) is 12.2 Å². The van der Waals surface area contributed by atoms with Crippen molar-refractivity contribution in [2.75, 3.05) is 18.0 Å². The van der Waals surface area contributed by atoms with Gasteiger partial charge in [-0.25, -0.2) is 4.39 Å². The first kappa shape index (κ1) is 14.9. The van der Waals surface area contributed by atoms with Gasteiger partial charge in [-0.2, -0.15) is 10.4 Å². The molecule has 0 saturated carbocycles. The molecule has 0 spiro atoms. The molecule has 3 rings (SSSR count). The summed E-state index contributed by atoms with van der Waals surface area (Å²) in [7, 11) is 1.84. The van der Waals surface area contributed by atoms with Crippen LogP contribution in [-0.2, 0) is 7.05 Å². The van der Waals surface area contributed by atoms with E-state index in [9.17, 15) is 9.65 Å². The molecule has 1 aliphatic heterocycles. The maximum Gasteiger partial charge on any atom is 0.135 e. The van der Waals surface area contributed by atoms with Crippen molar-refractivity contribution in [3.63, 3.8) is 0 Å². The molecule has 0 N–H and O–H groups in total. The van der Waals surface area contributed by atoms with E-state index in [-0.39, 0.29) is 0 Å². The van der Waals surface area contributed by atoms with E-state index in [2.05, 4.69) is 11.2 Å². The number of anilines is 1. The highest BCUT2D eigenvalue weighted by molar-refractivity contribution is 6.32. The highest BCUT2D eigenvalue weighted by atomic mass is 35.5. The maximum absolute atomic E-state index is 13.2. The van der Waals surface area contributed by atoms with Gasteiger partial charge in [0.25, 0.3) is 0 Å². The van der Waals surface area contributed by atoms with Crippen molar-refractivity contribution < 1.29 is 4.39 Å². The van der Waals surface area contributed by atoms with Gasteiger partial charge in [0.2, 0.25) is 0 Å². The maximum atomic E-state index is 13.2. The van der Waals surface area contributed by atoms with Crippen molar-refractivity contribution in [2.24, 2.45) is 7.05 Å². The second-order valence-electron chi connectivity index (χ2n) is 5.67. The lowest BCUT2D eigenvalue weighted by Gasteiger charge is -2.37. The molecule has 0 unspecified atom stereocenters. The molecule has 1 aromatic carbocycles. The predicted molar refractivity (Wildman–Crippen MR) is 85.0 cm³/mol. The van der Waals surface area contributed by atoms with E-state index in [4.69, 9.17) is 11.6 Å². The minimum atomic E-state index is -0.839. The number of hydrogen-bond donors (Lipinski definition) is 0. The predicted octanol–water partition coefficient (Wildman–Crippen LogP) is 3.39. The molecule has 22 heavy (non-hydrogen) atoms. The third kappa shape index (κ3) is 2.15. The number of nitrogens with zero attached hydrogens (tertiary/aromatic N) is 4. The van der Waals surface area contributed by atoms with E-state index in [0.29, 0.717) is 29.4 Å². The molecule has 1 aliphatic rings. The van der Waals surface area contributed by atoms with E-state index in [0.717, 1.165) is 22.4 Å². The van der Waals surface area contributed by atoms with Crippen LogP contribution in [0, 0.1) is 25.2 Å².